The number of nitrogens with zero attached hydrogens (tertiary/aromatic N) is 3. The third-order valence-corrected chi connectivity index (χ3v) is 4.42. The Morgan fingerprint density at radius 3 is 2.83 bits per heavy atom. The summed E-state index contributed by atoms with van der Waals surface area (Å²) in [5.74, 6) is 0.776. The van der Waals surface area contributed by atoms with E-state index in [1.54, 1.807) is 0 Å². The standard InChI is InChI=1S/C18H17ClN4/c19-15-5-3-13(4-6-15)18-21-10-14-11-23(9-7-17(14)22-18)12-16-2-1-8-20-16/h1-6,8,10,20H,7,9,11-12H2. The molecule has 4 rings (SSSR count). The van der Waals surface area contributed by atoms with Crippen LogP contribution >= 0.6 is 11.6 Å². The van der Waals surface area contributed by atoms with Gasteiger partial charge in [-0.1, -0.05) is 11.6 Å². The van der Waals surface area contributed by atoms with E-state index in [0.717, 1.165) is 48.2 Å². The van der Waals surface area contributed by atoms with Crippen molar-refractivity contribution in [1.82, 2.24) is 19.9 Å². The fourth-order valence-electron chi connectivity index (χ4n) is 2.95. The highest BCUT2D eigenvalue weighted by atomic mass is 35.5. The van der Waals surface area contributed by atoms with Crippen LogP contribution in [-0.2, 0) is 19.5 Å². The second kappa shape index (κ2) is 6.14. The predicted octanol–water partition coefficient (Wildman–Crippen LogP) is 3.68. The van der Waals surface area contributed by atoms with Gasteiger partial charge in [-0.15, -0.1) is 0 Å². The number of hydrogen-bond acceptors (Lipinski definition) is 3. The van der Waals surface area contributed by atoms with Gasteiger partial charge in [0.15, 0.2) is 5.82 Å². The van der Waals surface area contributed by atoms with E-state index in [0.29, 0.717) is 0 Å². The van der Waals surface area contributed by atoms with Gasteiger partial charge in [-0.2, -0.15) is 0 Å². The lowest BCUT2D eigenvalue weighted by atomic mass is 10.1. The molecule has 1 aromatic carbocycles. The predicted molar refractivity (Wildman–Crippen MR) is 91.1 cm³/mol. The van der Waals surface area contributed by atoms with Gasteiger partial charge in [-0.3, -0.25) is 4.90 Å². The number of halogens is 1. The molecule has 3 heterocycles. The molecule has 1 aliphatic heterocycles. The van der Waals surface area contributed by atoms with E-state index >= 15 is 0 Å². The van der Waals surface area contributed by atoms with Crippen molar-refractivity contribution in [2.45, 2.75) is 19.5 Å². The first kappa shape index (κ1) is 14.4. The molecule has 0 atom stereocenters. The van der Waals surface area contributed by atoms with Gasteiger partial charge in [0.05, 0.1) is 5.69 Å². The highest BCUT2D eigenvalue weighted by Gasteiger charge is 2.19. The van der Waals surface area contributed by atoms with Gasteiger partial charge in [0.25, 0.3) is 0 Å². The molecule has 0 radical (unpaired) electrons. The van der Waals surface area contributed by atoms with E-state index in [2.05, 4.69) is 20.9 Å². The van der Waals surface area contributed by atoms with Crippen LogP contribution in [0, 0.1) is 0 Å². The molecule has 0 aliphatic carbocycles. The first-order chi connectivity index (χ1) is 11.3. The van der Waals surface area contributed by atoms with E-state index in [4.69, 9.17) is 16.6 Å². The Morgan fingerprint density at radius 2 is 2.04 bits per heavy atom. The molecule has 1 N–H and O–H groups in total. The lowest BCUT2D eigenvalue weighted by Gasteiger charge is -2.27. The number of H-pyrrole nitrogens is 1. The van der Waals surface area contributed by atoms with Crippen molar-refractivity contribution in [2.24, 2.45) is 0 Å². The van der Waals surface area contributed by atoms with E-state index in [-0.39, 0.29) is 0 Å². The summed E-state index contributed by atoms with van der Waals surface area (Å²) in [6.45, 7) is 2.85. The average molecular weight is 325 g/mol. The summed E-state index contributed by atoms with van der Waals surface area (Å²) >= 11 is 5.94. The minimum atomic E-state index is 0.728. The monoisotopic (exact) mass is 324 g/mol. The van der Waals surface area contributed by atoms with Crippen molar-refractivity contribution in [2.75, 3.05) is 6.54 Å². The Kier molecular flexibility index (Phi) is 3.85. The summed E-state index contributed by atoms with van der Waals surface area (Å²) in [5, 5.41) is 0.728. The highest BCUT2D eigenvalue weighted by molar-refractivity contribution is 6.30. The fourth-order valence-corrected chi connectivity index (χ4v) is 3.08. The molecular formula is C18H17ClN4. The van der Waals surface area contributed by atoms with Crippen molar-refractivity contribution < 1.29 is 0 Å². The summed E-state index contributed by atoms with van der Waals surface area (Å²) in [5.41, 5.74) is 4.63. The van der Waals surface area contributed by atoms with Crippen molar-refractivity contribution in [3.8, 4) is 11.4 Å². The Hall–Kier alpha value is -2.17. The second-order valence-electron chi connectivity index (χ2n) is 5.83. The van der Waals surface area contributed by atoms with E-state index in [1.807, 2.05) is 42.7 Å². The van der Waals surface area contributed by atoms with Crippen molar-refractivity contribution >= 4 is 11.6 Å². The number of aromatic amines is 1. The zero-order valence-corrected chi connectivity index (χ0v) is 13.4. The summed E-state index contributed by atoms with van der Waals surface area (Å²) in [4.78, 5) is 15.0. The molecule has 4 nitrogen and oxygen atoms in total. The molecule has 0 amide bonds. The Morgan fingerprint density at radius 1 is 1.17 bits per heavy atom. The van der Waals surface area contributed by atoms with Crippen LogP contribution in [0.2, 0.25) is 5.02 Å². The summed E-state index contributed by atoms with van der Waals surface area (Å²) in [6.07, 6.45) is 4.89. The zero-order valence-electron chi connectivity index (χ0n) is 12.7. The normalized spacial score (nSPS) is 14.7. The minimum absolute atomic E-state index is 0.728. The van der Waals surface area contributed by atoms with Gasteiger partial charge in [-0.25, -0.2) is 9.97 Å². The topological polar surface area (TPSA) is 44.8 Å². The van der Waals surface area contributed by atoms with E-state index < -0.39 is 0 Å². The molecule has 0 bridgehead atoms. The molecule has 5 heteroatoms. The lowest BCUT2D eigenvalue weighted by Crippen LogP contribution is -2.31. The smallest absolute Gasteiger partial charge is 0.159 e. The Bertz CT molecular complexity index is 796. The first-order valence-corrected chi connectivity index (χ1v) is 8.11. The van der Waals surface area contributed by atoms with Crippen LogP contribution in [0.5, 0.6) is 0 Å². The maximum Gasteiger partial charge on any atom is 0.159 e. The number of benzene rings is 1. The number of hydrogen-bond donors (Lipinski definition) is 1. The van der Waals surface area contributed by atoms with Crippen molar-refractivity contribution in [3.63, 3.8) is 0 Å². The van der Waals surface area contributed by atoms with E-state index in [9.17, 15) is 0 Å². The molecule has 23 heavy (non-hydrogen) atoms. The third kappa shape index (κ3) is 3.14. The summed E-state index contributed by atoms with van der Waals surface area (Å²) in [6, 6.07) is 11.8. The SMILES string of the molecule is Clc1ccc(-c2ncc3c(n2)CCN(Cc2ccc[nH]2)C3)cc1. The molecule has 0 unspecified atom stereocenters. The molecule has 2 aromatic heterocycles. The van der Waals surface area contributed by atoms with Crippen LogP contribution in [0.15, 0.2) is 48.8 Å². The van der Waals surface area contributed by atoms with Crippen LogP contribution < -0.4 is 0 Å². The second-order valence-corrected chi connectivity index (χ2v) is 6.26. The number of rotatable bonds is 3. The van der Waals surface area contributed by atoms with Crippen LogP contribution in [0.1, 0.15) is 17.0 Å². The van der Waals surface area contributed by atoms with Crippen LogP contribution in [0.25, 0.3) is 11.4 Å². The summed E-state index contributed by atoms with van der Waals surface area (Å²) < 4.78 is 0. The maximum absolute atomic E-state index is 5.94. The third-order valence-electron chi connectivity index (χ3n) is 4.17. The molecule has 0 spiro atoms. The van der Waals surface area contributed by atoms with Gasteiger partial charge in [0.1, 0.15) is 0 Å². The molecule has 1 aliphatic rings. The fraction of sp³-hybridized carbons (Fsp3) is 0.222. The van der Waals surface area contributed by atoms with Crippen LogP contribution in [0.4, 0.5) is 0 Å². The number of fused-ring (bicyclic) bond motifs is 1. The maximum atomic E-state index is 5.94. The van der Waals surface area contributed by atoms with Crippen LogP contribution in [0.3, 0.4) is 0 Å². The van der Waals surface area contributed by atoms with Crippen LogP contribution in [-0.4, -0.2) is 26.4 Å². The molecule has 3 aromatic rings. The van der Waals surface area contributed by atoms with Gasteiger partial charge in [-0.05, 0) is 36.4 Å². The largest absolute Gasteiger partial charge is 0.364 e. The number of nitrogens with one attached hydrogen (secondary N) is 1. The Balaban J connectivity index is 1.53. The minimum Gasteiger partial charge on any atom is -0.364 e. The van der Waals surface area contributed by atoms with Gasteiger partial charge in [0, 0.05) is 60.3 Å². The van der Waals surface area contributed by atoms with Gasteiger partial charge < -0.3 is 4.98 Å². The first-order valence-electron chi connectivity index (χ1n) is 7.73. The molecule has 0 saturated heterocycles. The summed E-state index contributed by atoms with van der Waals surface area (Å²) in [7, 11) is 0. The lowest BCUT2D eigenvalue weighted by molar-refractivity contribution is 0.240. The highest BCUT2D eigenvalue weighted by Crippen LogP contribution is 2.23. The Labute approximate surface area is 140 Å². The van der Waals surface area contributed by atoms with Crippen molar-refractivity contribution in [1.29, 1.82) is 0 Å². The average Bonchev–Trinajstić information content (AvgIpc) is 3.08. The molecular weight excluding hydrogens is 308 g/mol. The van der Waals surface area contributed by atoms with Crippen molar-refractivity contribution in [3.05, 3.63) is 70.8 Å². The quantitative estimate of drug-likeness (QED) is 0.799. The van der Waals surface area contributed by atoms with Gasteiger partial charge >= 0.3 is 0 Å². The zero-order chi connectivity index (χ0) is 15.6. The molecule has 0 saturated carbocycles. The number of aromatic nitrogens is 3. The van der Waals surface area contributed by atoms with Gasteiger partial charge in [0.2, 0.25) is 0 Å². The molecule has 116 valence electrons. The molecule has 0 fully saturated rings. The van der Waals surface area contributed by atoms with E-state index in [1.165, 1.54) is 11.3 Å².